The maximum absolute atomic E-state index is 13.9. The molecule has 0 radical (unpaired) electrons. The second kappa shape index (κ2) is 9.02. The number of carbonyl (C=O) groups excluding carboxylic acids is 1. The van der Waals surface area contributed by atoms with Crippen molar-refractivity contribution >= 4 is 16.9 Å². The van der Waals surface area contributed by atoms with Gasteiger partial charge in [-0.25, -0.2) is 9.37 Å². The lowest BCUT2D eigenvalue weighted by Gasteiger charge is -2.43. The van der Waals surface area contributed by atoms with E-state index in [9.17, 15) is 14.3 Å². The summed E-state index contributed by atoms with van der Waals surface area (Å²) in [6, 6.07) is 11.7. The highest BCUT2D eigenvalue weighted by molar-refractivity contribution is 5.77. The van der Waals surface area contributed by atoms with Gasteiger partial charge in [-0.05, 0) is 60.5 Å². The Morgan fingerprint density at radius 1 is 1.38 bits per heavy atom. The van der Waals surface area contributed by atoms with Gasteiger partial charge in [-0.1, -0.05) is 32.0 Å². The summed E-state index contributed by atoms with van der Waals surface area (Å²) in [5.41, 5.74) is 0.490. The minimum absolute atomic E-state index is 0.227. The molecule has 2 aromatic carbocycles. The Hall–Kier alpha value is -2.73. The number of H-pyrrole nitrogens is 1. The minimum atomic E-state index is -2.45. The van der Waals surface area contributed by atoms with E-state index >= 15 is 0 Å². The zero-order chi connectivity index (χ0) is 25.5. The third-order valence-electron chi connectivity index (χ3n) is 6.23. The first-order chi connectivity index (χ1) is 16.5. The second-order valence-electron chi connectivity index (χ2n) is 9.00. The predicted molar refractivity (Wildman–Crippen MR) is 124 cm³/mol. The Bertz CT molecular complexity index is 1200. The van der Waals surface area contributed by atoms with Crippen molar-refractivity contribution in [1.82, 2.24) is 14.9 Å². The van der Waals surface area contributed by atoms with E-state index in [0.29, 0.717) is 24.9 Å². The number of nitrogens with one attached hydrogen (secondary N) is 1. The monoisotopic (exact) mass is 440 g/mol. The number of carbonyl (C=O) groups is 1. The van der Waals surface area contributed by atoms with Crippen molar-refractivity contribution in [3.63, 3.8) is 0 Å². The number of benzene rings is 2. The molecule has 3 aromatic rings. The molecule has 3 atom stereocenters. The molecule has 0 spiro atoms. The van der Waals surface area contributed by atoms with Crippen LogP contribution in [0.1, 0.15) is 60.0 Å². The Balaban J connectivity index is 1.50. The fourth-order valence-electron chi connectivity index (χ4n) is 4.67. The van der Waals surface area contributed by atoms with E-state index in [4.69, 9.17) is 4.11 Å². The second-order valence-corrected chi connectivity index (χ2v) is 9.00. The molecule has 0 bridgehead atoms. The van der Waals surface area contributed by atoms with Gasteiger partial charge in [0.15, 0.2) is 0 Å². The van der Waals surface area contributed by atoms with Crippen LogP contribution in [0, 0.1) is 11.7 Å². The zero-order valence-corrected chi connectivity index (χ0v) is 18.7. The van der Waals surface area contributed by atoms with Crippen LogP contribution in [-0.4, -0.2) is 45.1 Å². The van der Waals surface area contributed by atoms with Crippen LogP contribution in [0.2, 0.25) is 0 Å². The summed E-state index contributed by atoms with van der Waals surface area (Å²) < 4.78 is 39.8. The van der Waals surface area contributed by atoms with E-state index in [-0.39, 0.29) is 11.5 Å². The van der Waals surface area contributed by atoms with Gasteiger partial charge < -0.3 is 15.0 Å². The number of aromatic nitrogens is 2. The molecular formula is C26H32FN3O2. The number of fused-ring (bicyclic) bond motifs is 2. The molecule has 1 aliphatic rings. The number of amides is 1. The summed E-state index contributed by atoms with van der Waals surface area (Å²) in [4.78, 5) is 22.5. The Kier molecular flexibility index (Phi) is 5.30. The van der Waals surface area contributed by atoms with Crippen LogP contribution in [0.3, 0.4) is 0 Å². The number of imidazole rings is 1. The summed E-state index contributed by atoms with van der Waals surface area (Å²) in [6.45, 7) is 4.09. The number of hydrogen-bond donors (Lipinski definition) is 2. The van der Waals surface area contributed by atoms with Crippen molar-refractivity contribution in [1.29, 1.82) is 0 Å². The molecule has 1 unspecified atom stereocenters. The van der Waals surface area contributed by atoms with Crippen molar-refractivity contribution in [2.24, 2.45) is 5.92 Å². The number of aliphatic hydroxyl groups is 1. The molecule has 0 fully saturated rings. The summed E-state index contributed by atoms with van der Waals surface area (Å²) in [7, 11) is 1.63. The van der Waals surface area contributed by atoms with Gasteiger partial charge in [0.1, 0.15) is 11.6 Å². The summed E-state index contributed by atoms with van der Waals surface area (Å²) >= 11 is 0. The zero-order valence-electron chi connectivity index (χ0n) is 21.7. The predicted octanol–water partition coefficient (Wildman–Crippen LogP) is 4.60. The molecule has 170 valence electrons. The number of hydrogen-bond acceptors (Lipinski definition) is 3. The quantitative estimate of drug-likeness (QED) is 0.564. The molecule has 2 N–H and O–H groups in total. The van der Waals surface area contributed by atoms with Crippen LogP contribution < -0.4 is 0 Å². The highest BCUT2D eigenvalue weighted by atomic mass is 19.1. The van der Waals surface area contributed by atoms with Gasteiger partial charge in [0, 0.05) is 30.0 Å². The maximum atomic E-state index is 13.9. The van der Waals surface area contributed by atoms with E-state index in [1.54, 1.807) is 7.05 Å². The Morgan fingerprint density at radius 3 is 2.91 bits per heavy atom. The van der Waals surface area contributed by atoms with Gasteiger partial charge in [-0.15, -0.1) is 0 Å². The van der Waals surface area contributed by atoms with Crippen molar-refractivity contribution in [3.05, 3.63) is 65.2 Å². The average Bonchev–Trinajstić information content (AvgIpc) is 3.21. The third kappa shape index (κ3) is 4.56. The van der Waals surface area contributed by atoms with Crippen molar-refractivity contribution in [2.45, 2.75) is 57.4 Å². The normalized spacial score (nSPS) is 25.8. The highest BCUT2D eigenvalue weighted by Crippen LogP contribution is 2.45. The van der Waals surface area contributed by atoms with E-state index < -0.39 is 42.4 Å². The van der Waals surface area contributed by atoms with Crippen molar-refractivity contribution in [2.75, 3.05) is 13.6 Å². The molecule has 4 rings (SSSR count). The van der Waals surface area contributed by atoms with Crippen LogP contribution in [0.4, 0.5) is 4.39 Å². The molecule has 6 heteroatoms. The van der Waals surface area contributed by atoms with E-state index in [1.807, 2.05) is 38.1 Å². The largest absolute Gasteiger partial charge is 0.389 e. The topological polar surface area (TPSA) is 69.2 Å². The highest BCUT2D eigenvalue weighted by Gasteiger charge is 2.45. The molecule has 1 aromatic heterocycles. The van der Waals surface area contributed by atoms with Crippen LogP contribution in [0.15, 0.2) is 42.5 Å². The Labute approximate surface area is 192 Å². The van der Waals surface area contributed by atoms with Gasteiger partial charge in [0.25, 0.3) is 0 Å². The number of halogens is 1. The first-order valence-electron chi connectivity index (χ1n) is 12.6. The summed E-state index contributed by atoms with van der Waals surface area (Å²) in [6.07, 6.45) is -3.15. The van der Waals surface area contributed by atoms with Crippen LogP contribution in [0.25, 0.3) is 11.0 Å². The molecule has 1 heterocycles. The van der Waals surface area contributed by atoms with Gasteiger partial charge >= 0.3 is 0 Å². The number of aryl methyl sites for hydroxylation is 2. The van der Waals surface area contributed by atoms with Gasteiger partial charge in [-0.2, -0.15) is 0 Å². The first-order valence-corrected chi connectivity index (χ1v) is 11.1. The molecule has 1 aliphatic carbocycles. The molecule has 1 amide bonds. The van der Waals surface area contributed by atoms with Crippen molar-refractivity contribution in [3.8, 4) is 0 Å². The lowest BCUT2D eigenvalue weighted by atomic mass is 9.66. The van der Waals surface area contributed by atoms with E-state index in [2.05, 4.69) is 9.97 Å². The average molecular weight is 441 g/mol. The first kappa shape index (κ1) is 18.8. The summed E-state index contributed by atoms with van der Waals surface area (Å²) in [5.74, 6) is -1.12. The number of para-hydroxylation sites is 2. The molecule has 32 heavy (non-hydrogen) atoms. The molecule has 0 saturated carbocycles. The SMILES string of the molecule is [2H]C1c2cc(F)ccc2[C@H](C(C)C)[C@@](O)(CC(=O)N(C)CCCc2nc3ccccc3[nH]2)C1([2H])[2H]. The van der Waals surface area contributed by atoms with E-state index in [0.717, 1.165) is 16.9 Å². The lowest BCUT2D eigenvalue weighted by Crippen LogP contribution is -2.47. The third-order valence-corrected chi connectivity index (χ3v) is 6.23. The number of nitrogens with zero attached hydrogens (tertiary/aromatic N) is 2. The fraction of sp³-hybridized carbons (Fsp3) is 0.462. The van der Waals surface area contributed by atoms with Crippen molar-refractivity contribution < 1.29 is 18.4 Å². The van der Waals surface area contributed by atoms with Crippen LogP contribution in [-0.2, 0) is 17.6 Å². The number of aromatic amines is 1. The molecule has 5 nitrogen and oxygen atoms in total. The molecular weight excluding hydrogens is 405 g/mol. The number of rotatable bonds is 7. The molecule has 0 aliphatic heterocycles. The maximum Gasteiger partial charge on any atom is 0.225 e. The minimum Gasteiger partial charge on any atom is -0.389 e. The Morgan fingerprint density at radius 2 is 2.16 bits per heavy atom. The smallest absolute Gasteiger partial charge is 0.225 e. The van der Waals surface area contributed by atoms with E-state index in [1.165, 1.54) is 23.1 Å². The summed E-state index contributed by atoms with van der Waals surface area (Å²) in [5, 5.41) is 11.8. The fourth-order valence-corrected chi connectivity index (χ4v) is 4.67. The van der Waals surface area contributed by atoms with Gasteiger partial charge in [0.05, 0.1) is 23.1 Å². The lowest BCUT2D eigenvalue weighted by molar-refractivity contribution is -0.137. The van der Waals surface area contributed by atoms with Crippen LogP contribution in [0.5, 0.6) is 0 Å². The van der Waals surface area contributed by atoms with Crippen LogP contribution >= 0.6 is 0 Å². The van der Waals surface area contributed by atoms with Gasteiger partial charge in [0.2, 0.25) is 5.91 Å². The standard InChI is InChI=1S/C26H32FN3O2/c1-17(2)25-20-11-10-19(27)15-18(20)12-13-26(25,32)16-24(31)30(3)14-6-9-23-28-21-7-4-5-8-22(21)29-23/h4-5,7-8,10-11,15,17,25,32H,6,9,12-14,16H2,1-3H3,(H,28,29)/t25-,26-/m0/s1/i12D,13D2/t12?,25-,26-. The van der Waals surface area contributed by atoms with Gasteiger partial charge in [-0.3, -0.25) is 4.79 Å². The molecule has 0 saturated heterocycles.